The molecule has 3 N–H and O–H groups in total. The number of anilines is 1. The normalized spacial score (nSPS) is 16.2. The van der Waals surface area contributed by atoms with E-state index in [0.29, 0.717) is 16.8 Å². The Balaban J connectivity index is 0.00000103. The van der Waals surface area contributed by atoms with Crippen molar-refractivity contribution in [2.24, 2.45) is 5.73 Å². The fourth-order valence-corrected chi connectivity index (χ4v) is 3.65. The predicted molar refractivity (Wildman–Crippen MR) is 121 cm³/mol. The summed E-state index contributed by atoms with van der Waals surface area (Å²) in [5.74, 6) is -3.01. The van der Waals surface area contributed by atoms with Crippen molar-refractivity contribution >= 4 is 17.0 Å². The summed E-state index contributed by atoms with van der Waals surface area (Å²) in [5.41, 5.74) is 8.41. The Labute approximate surface area is 193 Å². The quantitative estimate of drug-likeness (QED) is 0.474. The molecular formula is C23H25F5N6. The summed E-state index contributed by atoms with van der Waals surface area (Å²) in [5, 5.41) is 6.48. The fourth-order valence-electron chi connectivity index (χ4n) is 3.65. The first-order valence-electron chi connectivity index (χ1n) is 10.4. The van der Waals surface area contributed by atoms with Crippen LogP contribution in [0, 0.1) is 6.92 Å². The number of fused-ring (bicyclic) bond motifs is 1. The molecule has 1 fully saturated rings. The zero-order valence-corrected chi connectivity index (χ0v) is 18.7. The van der Waals surface area contributed by atoms with Gasteiger partial charge in [-0.15, -0.1) is 0 Å². The summed E-state index contributed by atoms with van der Waals surface area (Å²) >= 11 is 0. The molecule has 1 atom stereocenters. The van der Waals surface area contributed by atoms with Gasteiger partial charge < -0.3 is 11.1 Å². The molecule has 0 amide bonds. The molecule has 0 bridgehead atoms. The third kappa shape index (κ3) is 5.35. The van der Waals surface area contributed by atoms with Gasteiger partial charge in [0.15, 0.2) is 0 Å². The number of rotatable bonds is 5. The Kier molecular flexibility index (Phi) is 6.94. The van der Waals surface area contributed by atoms with Crippen LogP contribution in [0.2, 0.25) is 0 Å². The van der Waals surface area contributed by atoms with Crippen LogP contribution < -0.4 is 11.1 Å². The van der Waals surface area contributed by atoms with Crippen molar-refractivity contribution in [1.82, 2.24) is 19.6 Å². The summed E-state index contributed by atoms with van der Waals surface area (Å²) < 4.78 is 66.5. The molecule has 0 aromatic carbocycles. The molecule has 1 aliphatic carbocycles. The number of hydrogen-bond donors (Lipinski definition) is 2. The Morgan fingerprint density at radius 3 is 2.53 bits per heavy atom. The third-order valence-corrected chi connectivity index (χ3v) is 5.57. The zero-order chi connectivity index (χ0) is 25.3. The van der Waals surface area contributed by atoms with Gasteiger partial charge in [0.1, 0.15) is 6.04 Å². The molecule has 0 saturated heterocycles. The molecule has 1 unspecified atom stereocenters. The number of nitrogens with zero attached hydrogens (tertiary/aromatic N) is 4. The molecule has 0 radical (unpaired) electrons. The average Bonchev–Trinajstić information content (AvgIpc) is 3.14. The number of pyridine rings is 1. The third-order valence-electron chi connectivity index (χ3n) is 5.57. The molecule has 3 heterocycles. The molecule has 182 valence electrons. The molecule has 11 heteroatoms. The molecule has 34 heavy (non-hydrogen) atoms. The Bertz CT molecular complexity index is 1190. The van der Waals surface area contributed by atoms with Crippen molar-refractivity contribution in [3.8, 4) is 0 Å². The largest absolute Gasteiger partial charge is 0.408 e. The minimum Gasteiger partial charge on any atom is -0.405 e. The van der Waals surface area contributed by atoms with Gasteiger partial charge in [0.2, 0.25) is 11.9 Å². The van der Waals surface area contributed by atoms with E-state index in [1.165, 1.54) is 12.4 Å². The van der Waals surface area contributed by atoms with E-state index in [-0.39, 0.29) is 24.7 Å². The lowest BCUT2D eigenvalue weighted by atomic mass is 9.77. The van der Waals surface area contributed by atoms with E-state index in [0.717, 1.165) is 23.6 Å². The number of alkyl halides is 5. The lowest BCUT2D eigenvalue weighted by molar-refractivity contribution is -0.138. The maximum atomic E-state index is 13.3. The molecule has 4 rings (SSSR count). The van der Waals surface area contributed by atoms with Crippen LogP contribution in [0.5, 0.6) is 0 Å². The molecular weight excluding hydrogens is 455 g/mol. The molecule has 1 saturated carbocycles. The van der Waals surface area contributed by atoms with Crippen molar-refractivity contribution in [3.05, 3.63) is 72.5 Å². The van der Waals surface area contributed by atoms with Crippen LogP contribution in [0.25, 0.3) is 11.1 Å². The molecule has 6 nitrogen and oxygen atoms in total. The smallest absolute Gasteiger partial charge is 0.405 e. The summed E-state index contributed by atoms with van der Waals surface area (Å²) in [7, 11) is 0. The van der Waals surface area contributed by atoms with Crippen LogP contribution >= 0.6 is 0 Å². The van der Waals surface area contributed by atoms with Gasteiger partial charge in [-0.1, -0.05) is 13.2 Å². The van der Waals surface area contributed by atoms with E-state index in [9.17, 15) is 22.0 Å². The number of nitrogens with one attached hydrogen (secondary N) is 1. The first kappa shape index (κ1) is 25.1. The number of halogens is 5. The van der Waals surface area contributed by atoms with Crippen LogP contribution in [-0.4, -0.2) is 37.7 Å². The van der Waals surface area contributed by atoms with Gasteiger partial charge in [-0.2, -0.15) is 18.3 Å². The first-order valence-corrected chi connectivity index (χ1v) is 10.4. The molecule has 3 aromatic rings. The second kappa shape index (κ2) is 9.40. The lowest BCUT2D eigenvalue weighted by Crippen LogP contribution is -2.33. The maximum Gasteiger partial charge on any atom is 0.408 e. The van der Waals surface area contributed by atoms with Crippen LogP contribution in [0.1, 0.15) is 48.1 Å². The summed E-state index contributed by atoms with van der Waals surface area (Å²) in [6.45, 7) is 9.86. The first-order chi connectivity index (χ1) is 15.9. The Morgan fingerprint density at radius 2 is 1.97 bits per heavy atom. The minimum atomic E-state index is -4.41. The second-order valence-electron chi connectivity index (χ2n) is 8.12. The highest BCUT2D eigenvalue weighted by Gasteiger charge is 2.46. The van der Waals surface area contributed by atoms with E-state index in [4.69, 9.17) is 0 Å². The van der Waals surface area contributed by atoms with Gasteiger partial charge >= 0.3 is 6.18 Å². The summed E-state index contributed by atoms with van der Waals surface area (Å²) in [6, 6.07) is 1.81. The summed E-state index contributed by atoms with van der Waals surface area (Å²) in [4.78, 5) is 8.12. The Hall–Kier alpha value is -3.50. The van der Waals surface area contributed by atoms with Gasteiger partial charge in [-0.3, -0.25) is 0 Å². The van der Waals surface area contributed by atoms with E-state index in [1.54, 1.807) is 29.9 Å². The van der Waals surface area contributed by atoms with Gasteiger partial charge in [0.25, 0.3) is 0 Å². The van der Waals surface area contributed by atoms with Crippen LogP contribution in [0.15, 0.2) is 50.1 Å². The topological polar surface area (TPSA) is 81.1 Å². The van der Waals surface area contributed by atoms with E-state index < -0.39 is 18.1 Å². The zero-order valence-electron chi connectivity index (χ0n) is 18.7. The van der Waals surface area contributed by atoms with Crippen molar-refractivity contribution in [2.45, 2.75) is 50.7 Å². The predicted octanol–water partition coefficient (Wildman–Crippen LogP) is 5.46. The average molecular weight is 480 g/mol. The van der Waals surface area contributed by atoms with E-state index in [2.05, 4.69) is 39.3 Å². The number of nitrogens with two attached hydrogens (primary N) is 1. The van der Waals surface area contributed by atoms with Crippen molar-refractivity contribution in [2.75, 3.05) is 5.32 Å². The molecule has 0 spiro atoms. The molecule has 0 aliphatic heterocycles. The standard InChI is InChI=1S/C21H20F5N5.C2H5N/c1-11(16-9-27-19(29-12(16)2)30-13(3)21(24,25)26)14-4-5-31-18(6-14)17(10-28-31)15-7-20(22,23)8-15;1-2-3/h4-6,9-10,13,15H,1,7-8H2,2-3H3,(H,27,29,30);2H,1,3H2. The minimum absolute atomic E-state index is 0.127. The molecule has 3 aromatic heterocycles. The van der Waals surface area contributed by atoms with Crippen LogP contribution in [-0.2, 0) is 0 Å². The molecule has 1 aliphatic rings. The van der Waals surface area contributed by atoms with Crippen molar-refractivity contribution in [3.63, 3.8) is 0 Å². The van der Waals surface area contributed by atoms with E-state index >= 15 is 0 Å². The van der Waals surface area contributed by atoms with Crippen molar-refractivity contribution < 1.29 is 22.0 Å². The number of hydrogen-bond acceptors (Lipinski definition) is 5. The number of aromatic nitrogens is 4. The van der Waals surface area contributed by atoms with Crippen LogP contribution in [0.4, 0.5) is 27.9 Å². The SMILES string of the molecule is C=C(c1ccn2ncc(C3CC(F)(F)C3)c2c1)c1cnc(NC(C)C(F)(F)F)nc1C.C=CN. The van der Waals surface area contributed by atoms with Gasteiger partial charge in [0.05, 0.1) is 17.4 Å². The van der Waals surface area contributed by atoms with Gasteiger partial charge in [-0.05, 0) is 49.2 Å². The second-order valence-corrected chi connectivity index (χ2v) is 8.12. The highest BCUT2D eigenvalue weighted by atomic mass is 19.4. The van der Waals surface area contributed by atoms with Gasteiger partial charge in [0, 0.05) is 36.4 Å². The lowest BCUT2D eigenvalue weighted by Gasteiger charge is -2.34. The highest BCUT2D eigenvalue weighted by molar-refractivity contribution is 5.81. The van der Waals surface area contributed by atoms with E-state index in [1.807, 2.05) is 6.07 Å². The maximum absolute atomic E-state index is 13.3. The fraction of sp³-hybridized carbons (Fsp3) is 0.348. The monoisotopic (exact) mass is 480 g/mol. The van der Waals surface area contributed by atoms with Crippen LogP contribution in [0.3, 0.4) is 0 Å². The van der Waals surface area contributed by atoms with Gasteiger partial charge in [-0.25, -0.2) is 23.3 Å². The number of aryl methyl sites for hydroxylation is 1. The highest BCUT2D eigenvalue weighted by Crippen LogP contribution is 2.49. The summed E-state index contributed by atoms with van der Waals surface area (Å²) in [6.07, 6.45) is 1.19. The Morgan fingerprint density at radius 1 is 1.32 bits per heavy atom. The van der Waals surface area contributed by atoms with Crippen molar-refractivity contribution in [1.29, 1.82) is 0 Å².